The van der Waals surface area contributed by atoms with E-state index in [2.05, 4.69) is 15.0 Å². The van der Waals surface area contributed by atoms with E-state index < -0.39 is 0 Å². The molecule has 3 heterocycles. The summed E-state index contributed by atoms with van der Waals surface area (Å²) in [5, 5.41) is 0. The first-order chi connectivity index (χ1) is 11.7. The molecular formula is C16H19N5O3. The van der Waals surface area contributed by atoms with Crippen LogP contribution in [0, 0.1) is 0 Å². The van der Waals surface area contributed by atoms with Crippen molar-refractivity contribution < 1.29 is 14.3 Å². The SMILES string of the molecule is NC(=O)CN1CCC(Oc2cncc(OCc3cccnc3)n2)C1. The van der Waals surface area contributed by atoms with Crippen LogP contribution in [0.3, 0.4) is 0 Å². The molecule has 0 aromatic carbocycles. The van der Waals surface area contributed by atoms with E-state index in [0.717, 1.165) is 18.5 Å². The van der Waals surface area contributed by atoms with Gasteiger partial charge in [-0.05, 0) is 12.5 Å². The Bertz CT molecular complexity index is 682. The van der Waals surface area contributed by atoms with Crippen molar-refractivity contribution in [3.8, 4) is 11.8 Å². The summed E-state index contributed by atoms with van der Waals surface area (Å²) in [6, 6.07) is 3.77. The van der Waals surface area contributed by atoms with Crippen molar-refractivity contribution in [2.45, 2.75) is 19.1 Å². The number of primary amides is 1. The van der Waals surface area contributed by atoms with E-state index in [9.17, 15) is 4.79 Å². The molecule has 1 unspecified atom stereocenters. The Morgan fingerprint density at radius 3 is 2.96 bits per heavy atom. The van der Waals surface area contributed by atoms with Gasteiger partial charge in [0.1, 0.15) is 12.7 Å². The Hall–Kier alpha value is -2.74. The number of aromatic nitrogens is 3. The summed E-state index contributed by atoms with van der Waals surface area (Å²) in [6.45, 7) is 2.03. The number of likely N-dealkylation sites (tertiary alicyclic amines) is 1. The fourth-order valence-electron chi connectivity index (χ4n) is 2.53. The first kappa shape index (κ1) is 16.1. The minimum atomic E-state index is -0.332. The minimum absolute atomic E-state index is 0.0350. The highest BCUT2D eigenvalue weighted by Crippen LogP contribution is 2.18. The van der Waals surface area contributed by atoms with Gasteiger partial charge < -0.3 is 15.2 Å². The van der Waals surface area contributed by atoms with Crippen LogP contribution in [0.4, 0.5) is 0 Å². The molecule has 2 aromatic heterocycles. The van der Waals surface area contributed by atoms with Gasteiger partial charge in [-0.3, -0.25) is 19.7 Å². The number of rotatable bonds is 7. The van der Waals surface area contributed by atoms with E-state index in [1.54, 1.807) is 18.6 Å². The van der Waals surface area contributed by atoms with Gasteiger partial charge in [-0.1, -0.05) is 6.07 Å². The van der Waals surface area contributed by atoms with Gasteiger partial charge >= 0.3 is 0 Å². The highest BCUT2D eigenvalue weighted by Gasteiger charge is 2.25. The third-order valence-corrected chi connectivity index (χ3v) is 3.60. The highest BCUT2D eigenvalue weighted by molar-refractivity contribution is 5.75. The van der Waals surface area contributed by atoms with Gasteiger partial charge in [0, 0.05) is 31.0 Å². The second kappa shape index (κ2) is 7.69. The van der Waals surface area contributed by atoms with E-state index in [1.807, 2.05) is 17.0 Å². The molecule has 126 valence electrons. The predicted molar refractivity (Wildman–Crippen MR) is 85.3 cm³/mol. The lowest BCUT2D eigenvalue weighted by Gasteiger charge is -2.15. The standard InChI is InChI=1S/C16H19N5O3/c17-14(22)10-21-5-3-13(9-21)24-16-8-19-7-15(20-16)23-11-12-2-1-4-18-6-12/h1-2,4,6-8,13H,3,5,9-11H2,(H2,17,22). The number of hydrogen-bond acceptors (Lipinski definition) is 7. The molecule has 1 aliphatic heterocycles. The van der Waals surface area contributed by atoms with Gasteiger partial charge in [0.25, 0.3) is 0 Å². The molecule has 0 saturated carbocycles. The van der Waals surface area contributed by atoms with Crippen LogP contribution in [-0.4, -0.2) is 51.5 Å². The van der Waals surface area contributed by atoms with Gasteiger partial charge in [-0.25, -0.2) is 0 Å². The summed E-state index contributed by atoms with van der Waals surface area (Å²) >= 11 is 0. The number of amides is 1. The second-order valence-corrected chi connectivity index (χ2v) is 5.58. The van der Waals surface area contributed by atoms with E-state index in [1.165, 1.54) is 6.20 Å². The molecule has 1 atom stereocenters. The summed E-state index contributed by atoms with van der Waals surface area (Å²) in [6.07, 6.45) is 7.31. The minimum Gasteiger partial charge on any atom is -0.472 e. The number of hydrogen-bond donors (Lipinski definition) is 1. The van der Waals surface area contributed by atoms with Crippen LogP contribution >= 0.6 is 0 Å². The van der Waals surface area contributed by atoms with Crippen molar-refractivity contribution in [1.29, 1.82) is 0 Å². The lowest BCUT2D eigenvalue weighted by atomic mass is 10.3. The summed E-state index contributed by atoms with van der Waals surface area (Å²) in [5.41, 5.74) is 6.15. The zero-order valence-electron chi connectivity index (χ0n) is 13.2. The molecule has 8 nitrogen and oxygen atoms in total. The van der Waals surface area contributed by atoms with Crippen LogP contribution in [0.1, 0.15) is 12.0 Å². The van der Waals surface area contributed by atoms with Crippen molar-refractivity contribution in [1.82, 2.24) is 19.9 Å². The smallest absolute Gasteiger partial charge is 0.235 e. The molecular weight excluding hydrogens is 310 g/mol. The zero-order chi connectivity index (χ0) is 16.8. The third-order valence-electron chi connectivity index (χ3n) is 3.60. The summed E-state index contributed by atoms with van der Waals surface area (Å²) < 4.78 is 11.4. The quantitative estimate of drug-likeness (QED) is 0.783. The summed E-state index contributed by atoms with van der Waals surface area (Å²) in [4.78, 5) is 25.3. The van der Waals surface area contributed by atoms with E-state index >= 15 is 0 Å². The van der Waals surface area contributed by atoms with Crippen LogP contribution in [0.5, 0.6) is 11.8 Å². The number of pyridine rings is 1. The summed E-state index contributed by atoms with van der Waals surface area (Å²) in [5.74, 6) is 0.467. The van der Waals surface area contributed by atoms with Crippen LogP contribution < -0.4 is 15.2 Å². The highest BCUT2D eigenvalue weighted by atomic mass is 16.5. The Morgan fingerprint density at radius 1 is 1.29 bits per heavy atom. The van der Waals surface area contributed by atoms with Crippen LogP contribution in [0.25, 0.3) is 0 Å². The maximum Gasteiger partial charge on any atom is 0.235 e. The Balaban J connectivity index is 1.53. The fraction of sp³-hybridized carbons (Fsp3) is 0.375. The van der Waals surface area contributed by atoms with Crippen molar-refractivity contribution in [2.24, 2.45) is 5.73 Å². The van der Waals surface area contributed by atoms with Gasteiger partial charge in [0.05, 0.1) is 18.9 Å². The molecule has 2 N–H and O–H groups in total. The van der Waals surface area contributed by atoms with Gasteiger partial charge in [-0.15, -0.1) is 0 Å². The molecule has 2 aromatic rings. The Morgan fingerprint density at radius 2 is 2.17 bits per heavy atom. The van der Waals surface area contributed by atoms with Gasteiger partial charge in [0.15, 0.2) is 0 Å². The molecule has 1 fully saturated rings. The monoisotopic (exact) mass is 329 g/mol. The molecule has 24 heavy (non-hydrogen) atoms. The first-order valence-corrected chi connectivity index (χ1v) is 7.70. The van der Waals surface area contributed by atoms with E-state index in [0.29, 0.717) is 24.9 Å². The summed E-state index contributed by atoms with van der Waals surface area (Å²) in [7, 11) is 0. The largest absolute Gasteiger partial charge is 0.472 e. The molecule has 0 aliphatic carbocycles. The molecule has 8 heteroatoms. The maximum absolute atomic E-state index is 11.0. The van der Waals surface area contributed by atoms with E-state index in [-0.39, 0.29) is 18.6 Å². The zero-order valence-corrected chi connectivity index (χ0v) is 13.2. The predicted octanol–water partition coefficient (Wildman–Crippen LogP) is 0.389. The molecule has 0 bridgehead atoms. The molecule has 1 amide bonds. The number of nitrogens with two attached hydrogens (primary N) is 1. The average Bonchev–Trinajstić information content (AvgIpc) is 3.00. The first-order valence-electron chi connectivity index (χ1n) is 7.70. The van der Waals surface area contributed by atoms with Crippen LogP contribution in [0.15, 0.2) is 36.9 Å². The number of ether oxygens (including phenoxy) is 2. The van der Waals surface area contributed by atoms with Crippen molar-refractivity contribution in [3.05, 3.63) is 42.5 Å². The van der Waals surface area contributed by atoms with Crippen molar-refractivity contribution >= 4 is 5.91 Å². The molecule has 1 aliphatic rings. The Kier molecular flexibility index (Phi) is 5.17. The third kappa shape index (κ3) is 4.63. The second-order valence-electron chi connectivity index (χ2n) is 5.58. The van der Waals surface area contributed by atoms with Gasteiger partial charge in [-0.2, -0.15) is 4.98 Å². The maximum atomic E-state index is 11.0. The lowest BCUT2D eigenvalue weighted by Crippen LogP contribution is -2.33. The number of nitrogens with zero attached hydrogens (tertiary/aromatic N) is 4. The molecule has 3 rings (SSSR count). The Labute approximate surface area is 139 Å². The average molecular weight is 329 g/mol. The van der Waals surface area contributed by atoms with Crippen LogP contribution in [-0.2, 0) is 11.4 Å². The van der Waals surface area contributed by atoms with Crippen molar-refractivity contribution in [3.63, 3.8) is 0 Å². The molecule has 0 spiro atoms. The van der Waals surface area contributed by atoms with Gasteiger partial charge in [0.2, 0.25) is 17.7 Å². The van der Waals surface area contributed by atoms with E-state index in [4.69, 9.17) is 15.2 Å². The fourth-order valence-corrected chi connectivity index (χ4v) is 2.53. The normalized spacial score (nSPS) is 17.6. The van der Waals surface area contributed by atoms with Crippen molar-refractivity contribution in [2.75, 3.05) is 19.6 Å². The number of carbonyl (C=O) groups excluding carboxylic acids is 1. The molecule has 0 radical (unpaired) electrons. The number of carbonyl (C=O) groups is 1. The van der Waals surface area contributed by atoms with Crippen LogP contribution in [0.2, 0.25) is 0 Å². The lowest BCUT2D eigenvalue weighted by molar-refractivity contribution is -0.118. The molecule has 1 saturated heterocycles. The topological polar surface area (TPSA) is 103 Å².